The molecule has 0 N–H and O–H groups in total. The maximum atomic E-state index is 13.4. The Morgan fingerprint density at radius 3 is 1.32 bits per heavy atom. The van der Waals surface area contributed by atoms with E-state index in [4.69, 9.17) is 0 Å². The summed E-state index contributed by atoms with van der Waals surface area (Å²) in [6, 6.07) is 0. The summed E-state index contributed by atoms with van der Waals surface area (Å²) in [7, 11) is 0. The van der Waals surface area contributed by atoms with Crippen molar-refractivity contribution in [3.63, 3.8) is 0 Å². The lowest BCUT2D eigenvalue weighted by Gasteiger charge is -2.09. The van der Waals surface area contributed by atoms with E-state index in [0.29, 0.717) is 12.4 Å². The molecule has 0 aliphatic carbocycles. The summed E-state index contributed by atoms with van der Waals surface area (Å²) >= 11 is 0. The van der Waals surface area contributed by atoms with Gasteiger partial charge in [-0.3, -0.25) is 4.98 Å². The molecule has 0 fully saturated rings. The fourth-order valence-corrected chi connectivity index (χ4v) is 1.47. The highest BCUT2D eigenvalue weighted by Crippen LogP contribution is 2.34. The summed E-state index contributed by atoms with van der Waals surface area (Å²) < 4.78 is 92.0. The van der Waals surface area contributed by atoms with Gasteiger partial charge in [0.1, 0.15) is 0 Å². The molecule has 0 radical (unpaired) electrons. The van der Waals surface area contributed by atoms with Crippen LogP contribution >= 0.6 is 0 Å². The van der Waals surface area contributed by atoms with Crippen molar-refractivity contribution in [2.45, 2.75) is 0 Å². The first kappa shape index (κ1) is 13.3. The first-order valence-electron chi connectivity index (χ1n) is 4.67. The van der Waals surface area contributed by atoms with E-state index < -0.39 is 51.8 Å². The zero-order valence-corrected chi connectivity index (χ0v) is 8.75. The van der Waals surface area contributed by atoms with Gasteiger partial charge in [-0.15, -0.1) is 0 Å². The van der Waals surface area contributed by atoms with Crippen LogP contribution in [0.25, 0.3) is 11.1 Å². The molecule has 0 atom stereocenters. The van der Waals surface area contributed by atoms with Crippen molar-refractivity contribution in [2.75, 3.05) is 0 Å². The zero-order chi connectivity index (χ0) is 14.3. The Balaban J connectivity index is 2.92. The van der Waals surface area contributed by atoms with Crippen LogP contribution in [0.4, 0.5) is 30.7 Å². The topological polar surface area (TPSA) is 12.9 Å². The second-order valence-electron chi connectivity index (χ2n) is 3.42. The number of aromatic nitrogens is 1. The average molecular weight is 281 g/mol. The number of nitrogens with zero attached hydrogens (tertiary/aromatic N) is 1. The van der Waals surface area contributed by atoms with Crippen LogP contribution in [-0.4, -0.2) is 4.98 Å². The molecule has 100 valence electrons. The van der Waals surface area contributed by atoms with Crippen LogP contribution in [0.5, 0.6) is 0 Å². The Labute approximate surface area is 101 Å². The number of rotatable bonds is 1. The first-order valence-corrected chi connectivity index (χ1v) is 4.67. The number of hydrogen-bond donors (Lipinski definition) is 0. The summed E-state index contributed by atoms with van der Waals surface area (Å²) in [6.07, 6.45) is 0.771. The second-order valence-corrected chi connectivity index (χ2v) is 3.42. The minimum absolute atomic E-state index is 0.385. The monoisotopic (exact) mass is 281 g/mol. The maximum Gasteiger partial charge on any atom is 0.200 e. The molecule has 1 aromatic carbocycles. The molecule has 0 saturated carbocycles. The molecule has 0 bridgehead atoms. The molecule has 1 nitrogen and oxygen atoms in total. The van der Waals surface area contributed by atoms with Crippen molar-refractivity contribution in [1.29, 1.82) is 0 Å². The Hall–Kier alpha value is -2.12. The van der Waals surface area contributed by atoms with Gasteiger partial charge in [-0.2, -0.15) is 0 Å². The predicted molar refractivity (Wildman–Crippen MR) is 49.4 cm³/mol. The van der Waals surface area contributed by atoms with Gasteiger partial charge in [-0.1, -0.05) is 0 Å². The summed E-state index contributed by atoms with van der Waals surface area (Å²) in [5.74, 6) is -14.7. The molecule has 0 saturated heterocycles. The number of halogens is 7. The Morgan fingerprint density at radius 2 is 0.895 bits per heavy atom. The molecule has 8 heteroatoms. The molecule has 0 aliphatic rings. The van der Waals surface area contributed by atoms with Crippen LogP contribution in [0.1, 0.15) is 0 Å². The van der Waals surface area contributed by atoms with Crippen molar-refractivity contribution in [3.05, 3.63) is 53.1 Å². The van der Waals surface area contributed by atoms with Crippen LogP contribution in [0, 0.1) is 40.7 Å². The van der Waals surface area contributed by atoms with Crippen molar-refractivity contribution < 1.29 is 30.7 Å². The van der Waals surface area contributed by atoms with Gasteiger partial charge in [0, 0.05) is 0 Å². The van der Waals surface area contributed by atoms with Gasteiger partial charge in [0.2, 0.25) is 5.82 Å². The molecule has 0 amide bonds. The number of benzene rings is 1. The molecule has 1 heterocycles. The van der Waals surface area contributed by atoms with E-state index in [2.05, 4.69) is 4.98 Å². The SMILES string of the molecule is Fc1cncc(F)c1-c1c(F)c(F)c(F)c(F)c1F. The summed E-state index contributed by atoms with van der Waals surface area (Å²) in [5, 5.41) is 0. The summed E-state index contributed by atoms with van der Waals surface area (Å²) in [6.45, 7) is 0. The van der Waals surface area contributed by atoms with Gasteiger partial charge in [0.05, 0.1) is 23.5 Å². The van der Waals surface area contributed by atoms with Crippen molar-refractivity contribution in [2.24, 2.45) is 0 Å². The van der Waals surface area contributed by atoms with Gasteiger partial charge in [0.15, 0.2) is 34.9 Å². The molecular weight excluding hydrogens is 279 g/mol. The quantitative estimate of drug-likeness (QED) is 0.441. The Bertz CT molecular complexity index is 619. The Kier molecular flexibility index (Phi) is 3.17. The summed E-state index contributed by atoms with van der Waals surface area (Å²) in [5.41, 5.74) is -3.04. The van der Waals surface area contributed by atoms with E-state index >= 15 is 0 Å². The predicted octanol–water partition coefficient (Wildman–Crippen LogP) is 3.72. The lowest BCUT2D eigenvalue weighted by Crippen LogP contribution is -2.06. The van der Waals surface area contributed by atoms with Gasteiger partial charge in [0.25, 0.3) is 0 Å². The minimum Gasteiger partial charge on any atom is -0.259 e. The van der Waals surface area contributed by atoms with Crippen molar-refractivity contribution in [3.8, 4) is 11.1 Å². The van der Waals surface area contributed by atoms with Crippen molar-refractivity contribution >= 4 is 0 Å². The van der Waals surface area contributed by atoms with Crippen LogP contribution in [0.15, 0.2) is 12.4 Å². The van der Waals surface area contributed by atoms with E-state index in [1.54, 1.807) is 0 Å². The third-order valence-electron chi connectivity index (χ3n) is 2.31. The zero-order valence-electron chi connectivity index (χ0n) is 8.75. The lowest BCUT2D eigenvalue weighted by atomic mass is 10.0. The van der Waals surface area contributed by atoms with Crippen LogP contribution in [0.3, 0.4) is 0 Å². The molecule has 0 aliphatic heterocycles. The second kappa shape index (κ2) is 4.52. The molecule has 1 aromatic heterocycles. The fourth-order valence-electron chi connectivity index (χ4n) is 1.47. The maximum absolute atomic E-state index is 13.4. The molecule has 0 spiro atoms. The van der Waals surface area contributed by atoms with E-state index in [9.17, 15) is 30.7 Å². The summed E-state index contributed by atoms with van der Waals surface area (Å²) in [4.78, 5) is 3.04. The molecular formula is C11H2F7N. The van der Waals surface area contributed by atoms with E-state index in [1.807, 2.05) is 0 Å². The first-order chi connectivity index (χ1) is 8.86. The average Bonchev–Trinajstić information content (AvgIpc) is 2.37. The number of hydrogen-bond acceptors (Lipinski definition) is 1. The van der Waals surface area contributed by atoms with Crippen LogP contribution < -0.4 is 0 Å². The molecule has 2 rings (SSSR count). The molecule has 19 heavy (non-hydrogen) atoms. The highest BCUT2D eigenvalue weighted by molar-refractivity contribution is 5.66. The van der Waals surface area contributed by atoms with E-state index in [-0.39, 0.29) is 0 Å². The lowest BCUT2D eigenvalue weighted by molar-refractivity contribution is 0.380. The highest BCUT2D eigenvalue weighted by atomic mass is 19.2. The normalized spacial score (nSPS) is 10.9. The highest BCUT2D eigenvalue weighted by Gasteiger charge is 2.29. The molecule has 2 aromatic rings. The van der Waals surface area contributed by atoms with Gasteiger partial charge in [-0.25, -0.2) is 30.7 Å². The van der Waals surface area contributed by atoms with Crippen molar-refractivity contribution in [1.82, 2.24) is 4.98 Å². The standard InChI is InChI=1S/C11H2F7N/c12-3-1-19-2-4(13)5(3)6-7(14)9(16)11(18)10(17)8(6)15/h1-2H. The van der Waals surface area contributed by atoms with E-state index in [1.165, 1.54) is 0 Å². The third kappa shape index (κ3) is 1.92. The fraction of sp³-hybridized carbons (Fsp3) is 0. The third-order valence-corrected chi connectivity index (χ3v) is 2.31. The Morgan fingerprint density at radius 1 is 0.526 bits per heavy atom. The van der Waals surface area contributed by atoms with E-state index in [0.717, 1.165) is 0 Å². The largest absolute Gasteiger partial charge is 0.259 e. The van der Waals surface area contributed by atoms with Gasteiger partial charge >= 0.3 is 0 Å². The van der Waals surface area contributed by atoms with Gasteiger partial charge < -0.3 is 0 Å². The van der Waals surface area contributed by atoms with Crippen LogP contribution in [0.2, 0.25) is 0 Å². The minimum atomic E-state index is -2.41. The van der Waals surface area contributed by atoms with Crippen LogP contribution in [-0.2, 0) is 0 Å². The number of pyridine rings is 1. The molecule has 0 unspecified atom stereocenters. The van der Waals surface area contributed by atoms with Gasteiger partial charge in [-0.05, 0) is 0 Å². The smallest absolute Gasteiger partial charge is 0.200 e.